The number of sulfonamides is 1. The molecule has 1 saturated carbocycles. The summed E-state index contributed by atoms with van der Waals surface area (Å²) in [7, 11) is -2.08. The zero-order valence-electron chi connectivity index (χ0n) is 17.2. The monoisotopic (exact) mass is 432 g/mol. The quantitative estimate of drug-likeness (QED) is 0.623. The molecule has 1 aliphatic rings. The number of ether oxygens (including phenoxy) is 1. The molecule has 1 aliphatic carbocycles. The first kappa shape index (κ1) is 22.2. The molecule has 8 nitrogen and oxygen atoms in total. The maximum atomic E-state index is 12.8. The van der Waals surface area contributed by atoms with E-state index in [1.165, 1.54) is 12.1 Å². The van der Waals surface area contributed by atoms with Crippen LogP contribution in [0.15, 0.2) is 53.7 Å². The minimum atomic E-state index is -3.69. The fraction of sp³-hybridized carbons (Fsp3) is 0.429. The summed E-state index contributed by atoms with van der Waals surface area (Å²) in [6, 6.07) is 9.11. The van der Waals surface area contributed by atoms with E-state index in [2.05, 4.69) is 20.3 Å². The first-order valence-electron chi connectivity index (χ1n) is 9.98. The second-order valence-corrected chi connectivity index (χ2v) is 9.24. The standard InChI is InChI=1S/C21H28N4O4S/c1-15-5-3-7-19(29-2)20(15)25-30(27,28)18-10-8-17(9-11-18)24-21(26)23-14-16-6-4-12-22-13-16/h4,6,8-13,15,19-20,25H,3,5,7,14H2,1-2H3,(H2,23,24,26). The highest BCUT2D eigenvalue weighted by molar-refractivity contribution is 7.89. The molecular formula is C21H28N4O4S. The van der Waals surface area contributed by atoms with Crippen LogP contribution in [0.5, 0.6) is 0 Å². The van der Waals surface area contributed by atoms with Gasteiger partial charge in [0.2, 0.25) is 10.0 Å². The van der Waals surface area contributed by atoms with Crippen molar-refractivity contribution in [2.24, 2.45) is 5.92 Å². The molecule has 9 heteroatoms. The van der Waals surface area contributed by atoms with E-state index in [1.54, 1.807) is 37.7 Å². The Hall–Kier alpha value is -2.49. The van der Waals surface area contributed by atoms with Gasteiger partial charge in [-0.2, -0.15) is 0 Å². The number of carbonyl (C=O) groups excluding carboxylic acids is 1. The number of nitrogens with zero attached hydrogens (tertiary/aromatic N) is 1. The summed E-state index contributed by atoms with van der Waals surface area (Å²) >= 11 is 0. The molecule has 162 valence electrons. The van der Waals surface area contributed by atoms with Crippen LogP contribution in [0.2, 0.25) is 0 Å². The molecule has 1 heterocycles. The number of carbonyl (C=O) groups is 1. The van der Waals surface area contributed by atoms with Crippen LogP contribution in [0, 0.1) is 5.92 Å². The number of amides is 2. The Balaban J connectivity index is 1.59. The summed E-state index contributed by atoms with van der Waals surface area (Å²) in [5.41, 5.74) is 1.38. The normalized spacial score (nSPS) is 21.7. The second kappa shape index (κ2) is 10.0. The van der Waals surface area contributed by atoms with E-state index in [1.807, 2.05) is 13.0 Å². The Morgan fingerprint density at radius 3 is 2.63 bits per heavy atom. The van der Waals surface area contributed by atoms with Gasteiger partial charge in [-0.15, -0.1) is 0 Å². The van der Waals surface area contributed by atoms with Crippen molar-refractivity contribution in [3.8, 4) is 0 Å². The van der Waals surface area contributed by atoms with Crippen molar-refractivity contribution < 1.29 is 17.9 Å². The predicted molar refractivity (Wildman–Crippen MR) is 114 cm³/mol. The van der Waals surface area contributed by atoms with Gasteiger partial charge in [0.05, 0.1) is 17.0 Å². The summed E-state index contributed by atoms with van der Waals surface area (Å²) in [6.07, 6.45) is 6.04. The molecule has 30 heavy (non-hydrogen) atoms. The highest BCUT2D eigenvalue weighted by Crippen LogP contribution is 2.27. The van der Waals surface area contributed by atoms with Crippen LogP contribution in [0.3, 0.4) is 0 Å². The van der Waals surface area contributed by atoms with Crippen LogP contribution < -0.4 is 15.4 Å². The number of nitrogens with one attached hydrogen (secondary N) is 3. The van der Waals surface area contributed by atoms with Crippen LogP contribution in [0.4, 0.5) is 10.5 Å². The molecule has 3 atom stereocenters. The third kappa shape index (κ3) is 5.78. The van der Waals surface area contributed by atoms with E-state index >= 15 is 0 Å². The molecule has 2 amide bonds. The Morgan fingerprint density at radius 2 is 1.97 bits per heavy atom. The lowest BCUT2D eigenvalue weighted by Crippen LogP contribution is -2.50. The van der Waals surface area contributed by atoms with Gasteiger partial charge < -0.3 is 15.4 Å². The van der Waals surface area contributed by atoms with E-state index in [0.717, 1.165) is 24.8 Å². The minimum absolute atomic E-state index is 0.132. The molecule has 3 N–H and O–H groups in total. The van der Waals surface area contributed by atoms with E-state index < -0.39 is 10.0 Å². The molecule has 0 spiro atoms. The molecule has 0 saturated heterocycles. The summed E-state index contributed by atoms with van der Waals surface area (Å²) in [5, 5.41) is 5.42. The van der Waals surface area contributed by atoms with Gasteiger partial charge in [0.1, 0.15) is 0 Å². The van der Waals surface area contributed by atoms with Crippen molar-refractivity contribution >= 4 is 21.7 Å². The van der Waals surface area contributed by atoms with Crippen molar-refractivity contribution in [2.75, 3.05) is 12.4 Å². The summed E-state index contributed by atoms with van der Waals surface area (Å²) in [6.45, 7) is 2.38. The fourth-order valence-electron chi connectivity index (χ4n) is 3.65. The largest absolute Gasteiger partial charge is 0.380 e. The molecular weight excluding hydrogens is 404 g/mol. The number of hydrogen-bond acceptors (Lipinski definition) is 5. The topological polar surface area (TPSA) is 109 Å². The third-order valence-electron chi connectivity index (χ3n) is 5.35. The Bertz CT molecular complexity index is 935. The fourth-order valence-corrected chi connectivity index (χ4v) is 5.02. The molecule has 1 aromatic carbocycles. The van der Waals surface area contributed by atoms with Crippen LogP contribution in [-0.2, 0) is 21.3 Å². The summed E-state index contributed by atoms with van der Waals surface area (Å²) in [5.74, 6) is 0.197. The van der Waals surface area contributed by atoms with Crippen LogP contribution in [-0.4, -0.2) is 38.7 Å². The van der Waals surface area contributed by atoms with E-state index in [0.29, 0.717) is 12.2 Å². The smallest absolute Gasteiger partial charge is 0.319 e. The molecule has 0 aliphatic heterocycles. The van der Waals surface area contributed by atoms with E-state index in [4.69, 9.17) is 4.74 Å². The van der Waals surface area contributed by atoms with Gasteiger partial charge in [0.25, 0.3) is 0 Å². The molecule has 0 radical (unpaired) electrons. The summed E-state index contributed by atoms with van der Waals surface area (Å²) < 4.78 is 33.9. The van der Waals surface area contributed by atoms with Crippen LogP contribution in [0.25, 0.3) is 0 Å². The van der Waals surface area contributed by atoms with Gasteiger partial charge in [-0.3, -0.25) is 4.98 Å². The van der Waals surface area contributed by atoms with Crippen molar-refractivity contribution in [3.63, 3.8) is 0 Å². The molecule has 2 aromatic rings. The van der Waals surface area contributed by atoms with E-state index in [9.17, 15) is 13.2 Å². The average Bonchev–Trinajstić information content (AvgIpc) is 2.75. The number of benzene rings is 1. The number of hydrogen-bond donors (Lipinski definition) is 3. The number of pyridine rings is 1. The number of urea groups is 1. The average molecular weight is 433 g/mol. The van der Waals surface area contributed by atoms with Gasteiger partial charge in [-0.05, 0) is 54.7 Å². The number of aromatic nitrogens is 1. The van der Waals surface area contributed by atoms with E-state index in [-0.39, 0.29) is 29.0 Å². The molecule has 3 rings (SSSR count). The van der Waals surface area contributed by atoms with Crippen LogP contribution >= 0.6 is 0 Å². The second-order valence-electron chi connectivity index (χ2n) is 7.52. The maximum Gasteiger partial charge on any atom is 0.319 e. The zero-order chi connectivity index (χ0) is 21.6. The zero-order valence-corrected chi connectivity index (χ0v) is 18.0. The molecule has 1 fully saturated rings. The Kier molecular flexibility index (Phi) is 7.41. The predicted octanol–water partition coefficient (Wildman–Crippen LogP) is 2.89. The van der Waals surface area contributed by atoms with Crippen molar-refractivity contribution in [2.45, 2.75) is 49.8 Å². The lowest BCUT2D eigenvalue weighted by molar-refractivity contribution is 0.0294. The minimum Gasteiger partial charge on any atom is -0.380 e. The number of anilines is 1. The highest BCUT2D eigenvalue weighted by Gasteiger charge is 2.34. The van der Waals surface area contributed by atoms with Gasteiger partial charge in [-0.1, -0.05) is 19.4 Å². The molecule has 0 bridgehead atoms. The van der Waals surface area contributed by atoms with Crippen molar-refractivity contribution in [3.05, 3.63) is 54.4 Å². The van der Waals surface area contributed by atoms with Gasteiger partial charge in [0, 0.05) is 31.7 Å². The van der Waals surface area contributed by atoms with Gasteiger partial charge >= 0.3 is 6.03 Å². The first-order chi connectivity index (χ1) is 14.4. The maximum absolute atomic E-state index is 12.8. The summed E-state index contributed by atoms with van der Waals surface area (Å²) in [4.78, 5) is 16.2. The Labute approximate surface area is 177 Å². The first-order valence-corrected chi connectivity index (χ1v) is 11.5. The lowest BCUT2D eigenvalue weighted by Gasteiger charge is -2.35. The third-order valence-corrected chi connectivity index (χ3v) is 6.83. The SMILES string of the molecule is COC1CCCC(C)C1NS(=O)(=O)c1ccc(NC(=O)NCc2cccnc2)cc1. The molecule has 3 unspecified atom stereocenters. The number of rotatable bonds is 7. The lowest BCUT2D eigenvalue weighted by atomic mass is 9.84. The van der Waals surface area contributed by atoms with Gasteiger partial charge in [-0.25, -0.2) is 17.9 Å². The van der Waals surface area contributed by atoms with Crippen LogP contribution in [0.1, 0.15) is 31.7 Å². The number of methoxy groups -OCH3 is 1. The van der Waals surface area contributed by atoms with Crippen molar-refractivity contribution in [1.82, 2.24) is 15.0 Å². The highest BCUT2D eigenvalue weighted by atomic mass is 32.2. The molecule has 1 aromatic heterocycles. The van der Waals surface area contributed by atoms with Gasteiger partial charge in [0.15, 0.2) is 0 Å². The van der Waals surface area contributed by atoms with Crippen molar-refractivity contribution in [1.29, 1.82) is 0 Å². The Morgan fingerprint density at radius 1 is 1.20 bits per heavy atom.